The fourth-order valence-electron chi connectivity index (χ4n) is 5.99. The van der Waals surface area contributed by atoms with Crippen LogP contribution in [0.25, 0.3) is 32.6 Å². The summed E-state index contributed by atoms with van der Waals surface area (Å²) in [5.74, 6) is 2.46. The number of hydrogen-bond acceptors (Lipinski definition) is 9. The number of alkyl carbamates (subject to hydrolysis) is 1. The number of ether oxygens (including phenoxy) is 3. The lowest BCUT2D eigenvalue weighted by atomic mass is 9.95. The number of nitrogens with zero attached hydrogens (tertiary/aromatic N) is 4. The van der Waals surface area contributed by atoms with Gasteiger partial charge in [-0.1, -0.05) is 24.6 Å². The summed E-state index contributed by atoms with van der Waals surface area (Å²) in [5, 5.41) is 14.9. The van der Waals surface area contributed by atoms with Crippen LogP contribution < -0.4 is 10.1 Å². The van der Waals surface area contributed by atoms with Crippen molar-refractivity contribution in [2.45, 2.75) is 25.5 Å². The highest BCUT2D eigenvalue weighted by molar-refractivity contribution is 7.17. The first-order valence-corrected chi connectivity index (χ1v) is 16.7. The number of carbonyl (C=O) groups excluding carboxylic acids is 2. The summed E-state index contributed by atoms with van der Waals surface area (Å²) in [6.07, 6.45) is 7.35. The number of aromatic nitrogens is 2. The number of halogens is 1. The number of nitrogens with one attached hydrogen (secondary N) is 1. The van der Waals surface area contributed by atoms with Gasteiger partial charge >= 0.3 is 6.09 Å². The summed E-state index contributed by atoms with van der Waals surface area (Å²) >= 11 is 1.55. The van der Waals surface area contributed by atoms with E-state index in [2.05, 4.69) is 51.1 Å². The molecule has 0 spiro atoms. The molecular weight excluding hydrogens is 633 g/mol. The molecule has 0 saturated carbocycles. The highest BCUT2D eigenvalue weighted by Gasteiger charge is 2.27. The standard InChI is InChI=1S/C36H36FN5O5S/c1-3-13-41-14-9-24-20-25(5-6-26(24)22-41)33-30-11-19-48-35(30)34(40-39-33)29-8-7-27(37)21-31(29)46-18-17-45-16-12-38-36(44)47-28-10-15-42(23-28)32(43)4-2/h1,4-8,11,19-21,28H,2,9-10,12-18,22-23H2,(H,38,44). The quantitative estimate of drug-likeness (QED) is 0.127. The molecule has 2 aliphatic rings. The van der Waals surface area contributed by atoms with Crippen LogP contribution in [-0.2, 0) is 27.2 Å². The lowest BCUT2D eigenvalue weighted by Gasteiger charge is -2.27. The second kappa shape index (κ2) is 15.4. The Bertz CT molecular complexity index is 1860. The zero-order valence-corrected chi connectivity index (χ0v) is 27.3. The van der Waals surface area contributed by atoms with Crippen molar-refractivity contribution in [1.82, 2.24) is 25.3 Å². The Balaban J connectivity index is 1.04. The molecule has 48 heavy (non-hydrogen) atoms. The van der Waals surface area contributed by atoms with Crippen molar-refractivity contribution in [3.8, 4) is 40.6 Å². The maximum atomic E-state index is 14.4. The Morgan fingerprint density at radius 2 is 1.98 bits per heavy atom. The zero-order valence-electron chi connectivity index (χ0n) is 26.5. The summed E-state index contributed by atoms with van der Waals surface area (Å²) < 4.78 is 32.2. The van der Waals surface area contributed by atoms with Crippen molar-refractivity contribution in [1.29, 1.82) is 0 Å². The summed E-state index contributed by atoms with van der Waals surface area (Å²) in [5.41, 5.74) is 5.62. The summed E-state index contributed by atoms with van der Waals surface area (Å²) in [6.45, 7) is 7.59. The molecule has 2 aliphatic heterocycles. The van der Waals surface area contributed by atoms with Crippen LogP contribution in [0.4, 0.5) is 9.18 Å². The molecule has 6 rings (SSSR count). The Hall–Kier alpha value is -4.83. The van der Waals surface area contributed by atoms with Crippen molar-refractivity contribution < 1.29 is 28.2 Å². The van der Waals surface area contributed by atoms with Gasteiger partial charge < -0.3 is 24.4 Å². The van der Waals surface area contributed by atoms with E-state index in [0.717, 1.165) is 40.9 Å². The second-order valence-corrected chi connectivity index (χ2v) is 12.5. The van der Waals surface area contributed by atoms with Gasteiger partial charge in [-0.25, -0.2) is 9.18 Å². The molecule has 1 saturated heterocycles. The van der Waals surface area contributed by atoms with E-state index in [0.29, 0.717) is 43.1 Å². The van der Waals surface area contributed by atoms with Crippen molar-refractivity contribution in [2.75, 3.05) is 52.5 Å². The largest absolute Gasteiger partial charge is 0.490 e. The van der Waals surface area contributed by atoms with Crippen LogP contribution in [0.3, 0.4) is 0 Å². The van der Waals surface area contributed by atoms with Gasteiger partial charge in [0.15, 0.2) is 0 Å². The first kappa shape index (κ1) is 33.1. The number of likely N-dealkylation sites (tertiary alicyclic amines) is 1. The van der Waals surface area contributed by atoms with Gasteiger partial charge in [0.25, 0.3) is 0 Å². The normalized spacial score (nSPS) is 15.9. The monoisotopic (exact) mass is 669 g/mol. The van der Waals surface area contributed by atoms with Crippen molar-refractivity contribution in [3.05, 3.63) is 77.4 Å². The number of terminal acetylenes is 1. The maximum Gasteiger partial charge on any atom is 0.407 e. The van der Waals surface area contributed by atoms with Gasteiger partial charge in [0.1, 0.15) is 35.7 Å². The second-order valence-electron chi connectivity index (χ2n) is 11.5. The zero-order chi connectivity index (χ0) is 33.5. The summed E-state index contributed by atoms with van der Waals surface area (Å²) in [4.78, 5) is 27.6. The number of benzene rings is 2. The number of fused-ring (bicyclic) bond motifs is 2. The van der Waals surface area contributed by atoms with E-state index < -0.39 is 11.9 Å². The molecule has 1 N–H and O–H groups in total. The molecule has 0 radical (unpaired) electrons. The molecule has 4 heterocycles. The van der Waals surface area contributed by atoms with E-state index in [-0.39, 0.29) is 38.4 Å². The van der Waals surface area contributed by atoms with E-state index in [1.165, 1.54) is 29.3 Å². The van der Waals surface area contributed by atoms with Crippen LogP contribution in [0.5, 0.6) is 5.75 Å². The third-order valence-corrected chi connectivity index (χ3v) is 9.30. The molecule has 10 nitrogen and oxygen atoms in total. The molecule has 248 valence electrons. The van der Waals surface area contributed by atoms with Crippen molar-refractivity contribution in [2.24, 2.45) is 0 Å². The number of carbonyl (C=O) groups is 2. The topological polar surface area (TPSA) is 106 Å². The molecule has 1 fully saturated rings. The molecule has 1 atom stereocenters. The first-order valence-electron chi connectivity index (χ1n) is 15.8. The molecule has 12 heteroatoms. The number of thiophene rings is 1. The summed E-state index contributed by atoms with van der Waals surface area (Å²) in [6, 6.07) is 12.8. The van der Waals surface area contributed by atoms with Crippen LogP contribution >= 0.6 is 11.3 Å². The molecule has 2 amide bonds. The number of amides is 2. The van der Waals surface area contributed by atoms with Crippen LogP contribution in [0.1, 0.15) is 17.5 Å². The fourth-order valence-corrected chi connectivity index (χ4v) is 6.88. The van der Waals surface area contributed by atoms with Gasteiger partial charge in [-0.05, 0) is 53.3 Å². The smallest absolute Gasteiger partial charge is 0.407 e. The molecule has 2 aromatic carbocycles. The highest BCUT2D eigenvalue weighted by atomic mass is 32.1. The average molecular weight is 670 g/mol. The molecule has 0 bridgehead atoms. The average Bonchev–Trinajstić information content (AvgIpc) is 3.78. The fraction of sp³-hybridized carbons (Fsp3) is 0.333. The van der Waals surface area contributed by atoms with Gasteiger partial charge in [0, 0.05) is 55.2 Å². The summed E-state index contributed by atoms with van der Waals surface area (Å²) in [7, 11) is 0. The lowest BCUT2D eigenvalue weighted by Crippen LogP contribution is -2.34. The van der Waals surface area contributed by atoms with Gasteiger partial charge in [0.05, 0.1) is 31.0 Å². The highest BCUT2D eigenvalue weighted by Crippen LogP contribution is 2.39. The molecule has 4 aromatic rings. The Morgan fingerprint density at radius 1 is 1.10 bits per heavy atom. The van der Waals surface area contributed by atoms with E-state index in [1.54, 1.807) is 22.3 Å². The van der Waals surface area contributed by atoms with Crippen LogP contribution in [0, 0.1) is 18.2 Å². The van der Waals surface area contributed by atoms with Crippen LogP contribution in [0.15, 0.2) is 60.5 Å². The SMILES string of the molecule is C#CCN1CCc2cc(-c3nnc(-c4ccc(F)cc4OCCOCCNC(=O)OC4CCN(C(=O)C=C)C4)c4sccc34)ccc2C1. The van der Waals surface area contributed by atoms with Gasteiger partial charge in [-0.3, -0.25) is 9.69 Å². The first-order chi connectivity index (χ1) is 23.4. The van der Waals surface area contributed by atoms with Crippen LogP contribution in [0.2, 0.25) is 0 Å². The minimum atomic E-state index is -0.566. The Kier molecular flexibility index (Phi) is 10.6. The van der Waals surface area contributed by atoms with E-state index in [1.807, 2.05) is 11.4 Å². The third kappa shape index (κ3) is 7.65. The number of hydrogen-bond donors (Lipinski definition) is 1. The minimum Gasteiger partial charge on any atom is -0.490 e. The molecule has 0 aliphatic carbocycles. The minimum absolute atomic E-state index is 0.156. The van der Waals surface area contributed by atoms with Crippen molar-refractivity contribution >= 4 is 33.4 Å². The van der Waals surface area contributed by atoms with Crippen LogP contribution in [-0.4, -0.2) is 90.6 Å². The molecule has 1 unspecified atom stereocenters. The Labute approximate surface area is 282 Å². The third-order valence-electron chi connectivity index (χ3n) is 8.38. The number of rotatable bonds is 12. The van der Waals surface area contributed by atoms with E-state index in [9.17, 15) is 14.0 Å². The van der Waals surface area contributed by atoms with Crippen molar-refractivity contribution in [3.63, 3.8) is 0 Å². The Morgan fingerprint density at radius 3 is 2.83 bits per heavy atom. The lowest BCUT2D eigenvalue weighted by molar-refractivity contribution is -0.125. The van der Waals surface area contributed by atoms with Gasteiger partial charge in [-0.2, -0.15) is 0 Å². The molecule has 2 aromatic heterocycles. The molecular formula is C36H36FN5O5S. The predicted molar refractivity (Wildman–Crippen MR) is 182 cm³/mol. The van der Waals surface area contributed by atoms with Gasteiger partial charge in [-0.15, -0.1) is 28.0 Å². The van der Waals surface area contributed by atoms with E-state index >= 15 is 0 Å². The maximum absolute atomic E-state index is 14.4. The predicted octanol–water partition coefficient (Wildman–Crippen LogP) is 5.06. The van der Waals surface area contributed by atoms with E-state index in [4.69, 9.17) is 20.6 Å². The van der Waals surface area contributed by atoms with Gasteiger partial charge in [0.2, 0.25) is 5.91 Å².